The van der Waals surface area contributed by atoms with Crippen LogP contribution in [0, 0.1) is 5.41 Å². The first-order chi connectivity index (χ1) is 9.98. The Morgan fingerprint density at radius 2 is 2.33 bits per heavy atom. The molecule has 0 unspecified atom stereocenters. The monoisotopic (exact) mass is 293 g/mol. The minimum absolute atomic E-state index is 0.334. The van der Waals surface area contributed by atoms with Crippen molar-refractivity contribution in [2.45, 2.75) is 57.3 Å². The smallest absolute Gasteiger partial charge is 0.102 e. The van der Waals surface area contributed by atoms with Gasteiger partial charge in [-0.25, -0.2) is 0 Å². The van der Waals surface area contributed by atoms with Crippen molar-refractivity contribution >= 4 is 0 Å². The molecule has 0 aromatic carbocycles. The molecule has 21 heavy (non-hydrogen) atoms. The van der Waals surface area contributed by atoms with Crippen LogP contribution in [-0.4, -0.2) is 40.2 Å². The van der Waals surface area contributed by atoms with Gasteiger partial charge in [-0.2, -0.15) is 5.10 Å². The number of rotatable bonds is 6. The molecule has 1 heterocycles. The average molecular weight is 293 g/mol. The van der Waals surface area contributed by atoms with E-state index < -0.39 is 5.60 Å². The summed E-state index contributed by atoms with van der Waals surface area (Å²) in [7, 11) is 1.87. The Hall–Kier alpha value is -0.910. The Bertz CT molecular complexity index is 493. The van der Waals surface area contributed by atoms with Gasteiger partial charge >= 0.3 is 0 Å². The lowest BCUT2D eigenvalue weighted by Gasteiger charge is -2.61. The number of hydrogen-bond donors (Lipinski definition) is 2. The second-order valence-corrected chi connectivity index (χ2v) is 6.88. The first-order valence-electron chi connectivity index (χ1n) is 8.04. The Balaban J connectivity index is 1.58. The Morgan fingerprint density at radius 1 is 1.57 bits per heavy atom. The molecule has 2 aliphatic carbocycles. The molecule has 1 aromatic rings. The fourth-order valence-electron chi connectivity index (χ4n) is 3.85. The van der Waals surface area contributed by atoms with E-state index in [4.69, 9.17) is 4.74 Å². The normalized spacial score (nSPS) is 29.7. The molecule has 0 saturated heterocycles. The van der Waals surface area contributed by atoms with Crippen molar-refractivity contribution in [2.24, 2.45) is 12.5 Å². The van der Waals surface area contributed by atoms with Crippen molar-refractivity contribution in [1.82, 2.24) is 15.1 Å². The zero-order chi connectivity index (χ0) is 15.1. The van der Waals surface area contributed by atoms with Gasteiger partial charge < -0.3 is 15.2 Å². The molecule has 2 saturated carbocycles. The molecule has 3 rings (SSSR count). The third-order valence-corrected chi connectivity index (χ3v) is 5.46. The van der Waals surface area contributed by atoms with Gasteiger partial charge in [-0.05, 0) is 33.1 Å². The molecular weight excluding hydrogens is 266 g/mol. The van der Waals surface area contributed by atoms with E-state index in [-0.39, 0.29) is 0 Å². The summed E-state index contributed by atoms with van der Waals surface area (Å²) in [5.41, 5.74) is 0.317. The number of aliphatic hydroxyl groups is 1. The van der Waals surface area contributed by atoms with Crippen LogP contribution in [0.2, 0.25) is 0 Å². The highest BCUT2D eigenvalue weighted by Crippen LogP contribution is 2.57. The summed E-state index contributed by atoms with van der Waals surface area (Å²) in [5.74, 6) is 0. The van der Waals surface area contributed by atoms with Gasteiger partial charge in [-0.15, -0.1) is 0 Å². The summed E-state index contributed by atoms with van der Waals surface area (Å²) in [6, 6.07) is 0.478. The summed E-state index contributed by atoms with van der Waals surface area (Å²) in [4.78, 5) is 0. The topological polar surface area (TPSA) is 59.3 Å². The Labute approximate surface area is 126 Å². The lowest BCUT2D eigenvalue weighted by molar-refractivity contribution is -0.175. The largest absolute Gasteiger partial charge is 0.384 e. The van der Waals surface area contributed by atoms with Crippen LogP contribution in [0.3, 0.4) is 0 Å². The van der Waals surface area contributed by atoms with Gasteiger partial charge in [0.15, 0.2) is 0 Å². The van der Waals surface area contributed by atoms with Crippen molar-refractivity contribution in [2.75, 3.05) is 13.2 Å². The molecule has 0 bridgehead atoms. The van der Waals surface area contributed by atoms with Crippen molar-refractivity contribution < 1.29 is 9.84 Å². The number of hydrogen-bond acceptors (Lipinski definition) is 4. The summed E-state index contributed by atoms with van der Waals surface area (Å²) < 4.78 is 7.60. The third-order valence-electron chi connectivity index (χ3n) is 5.46. The number of aryl methyl sites for hydroxylation is 1. The maximum Gasteiger partial charge on any atom is 0.102 e. The molecule has 0 aliphatic heterocycles. The Kier molecular flexibility index (Phi) is 3.84. The van der Waals surface area contributed by atoms with Gasteiger partial charge in [0.05, 0.1) is 12.3 Å². The predicted octanol–water partition coefficient (Wildman–Crippen LogP) is 1.56. The van der Waals surface area contributed by atoms with Gasteiger partial charge in [-0.1, -0.05) is 6.42 Å². The highest BCUT2D eigenvalue weighted by atomic mass is 16.5. The number of nitrogens with one attached hydrogen (secondary N) is 1. The fourth-order valence-corrected chi connectivity index (χ4v) is 3.85. The molecule has 0 amide bonds. The van der Waals surface area contributed by atoms with Gasteiger partial charge in [0.1, 0.15) is 5.60 Å². The van der Waals surface area contributed by atoms with Crippen molar-refractivity contribution in [3.8, 4) is 0 Å². The van der Waals surface area contributed by atoms with E-state index in [1.54, 1.807) is 10.9 Å². The van der Waals surface area contributed by atoms with Gasteiger partial charge in [0, 0.05) is 43.4 Å². The summed E-state index contributed by atoms with van der Waals surface area (Å²) in [6.07, 6.45) is 8.92. The fraction of sp³-hybridized carbons (Fsp3) is 0.812. The lowest BCUT2D eigenvalue weighted by atomic mass is 9.51. The Morgan fingerprint density at radius 3 is 2.86 bits per heavy atom. The summed E-state index contributed by atoms with van der Waals surface area (Å²) in [5, 5.41) is 18.4. The molecule has 5 nitrogen and oxygen atoms in total. The molecule has 2 N–H and O–H groups in total. The highest BCUT2D eigenvalue weighted by Gasteiger charge is 2.58. The molecule has 5 heteroatoms. The van der Waals surface area contributed by atoms with Crippen LogP contribution in [0.4, 0.5) is 0 Å². The molecule has 1 aromatic heterocycles. The molecule has 2 fully saturated rings. The van der Waals surface area contributed by atoms with Crippen molar-refractivity contribution in [3.05, 3.63) is 18.0 Å². The van der Waals surface area contributed by atoms with Crippen LogP contribution in [0.25, 0.3) is 0 Å². The van der Waals surface area contributed by atoms with Gasteiger partial charge in [0.2, 0.25) is 0 Å². The molecule has 3 atom stereocenters. The van der Waals surface area contributed by atoms with Crippen LogP contribution in [0.5, 0.6) is 0 Å². The minimum Gasteiger partial charge on any atom is -0.384 e. The van der Waals surface area contributed by atoms with Crippen LogP contribution >= 0.6 is 0 Å². The molecule has 118 valence electrons. The van der Waals surface area contributed by atoms with Crippen LogP contribution < -0.4 is 5.32 Å². The molecule has 2 aliphatic rings. The number of ether oxygens (including phenoxy) is 1. The van der Waals surface area contributed by atoms with Gasteiger partial charge in [0.25, 0.3) is 0 Å². The molecular formula is C16H27N3O2. The average Bonchev–Trinajstić information content (AvgIpc) is 2.78. The molecule has 0 radical (unpaired) electrons. The second-order valence-electron chi connectivity index (χ2n) is 6.88. The van der Waals surface area contributed by atoms with Crippen LogP contribution in [0.1, 0.15) is 45.1 Å². The standard InChI is InChI=1S/C16H27N3O2/c1-4-21-14-8-13(16(14)6-5-7-16)17-11-15(2,20)12-9-18-19(3)10-12/h9-10,13-14,17,20H,4-8,11H2,1-3H3/t13-,14-,15+/m1/s1. The quantitative estimate of drug-likeness (QED) is 0.836. The van der Waals surface area contributed by atoms with Crippen LogP contribution in [-0.2, 0) is 17.4 Å². The SMILES string of the molecule is CCO[C@@H]1C[C@@H](NC[C@](C)(O)c2cnn(C)c2)C12CCC2. The van der Waals surface area contributed by atoms with E-state index in [1.165, 1.54) is 19.3 Å². The third kappa shape index (κ3) is 2.51. The van der Waals surface area contributed by atoms with Crippen molar-refractivity contribution in [3.63, 3.8) is 0 Å². The van der Waals surface area contributed by atoms with Crippen LogP contribution in [0.15, 0.2) is 12.4 Å². The van der Waals surface area contributed by atoms with E-state index in [2.05, 4.69) is 17.3 Å². The first kappa shape index (κ1) is 15.0. The van der Waals surface area contributed by atoms with E-state index in [9.17, 15) is 5.11 Å². The number of aromatic nitrogens is 2. The van der Waals surface area contributed by atoms with Crippen molar-refractivity contribution in [1.29, 1.82) is 0 Å². The van der Waals surface area contributed by atoms with E-state index in [1.807, 2.05) is 20.2 Å². The zero-order valence-corrected chi connectivity index (χ0v) is 13.3. The highest BCUT2D eigenvalue weighted by molar-refractivity contribution is 5.16. The first-order valence-corrected chi connectivity index (χ1v) is 8.04. The maximum absolute atomic E-state index is 10.7. The summed E-state index contributed by atoms with van der Waals surface area (Å²) >= 11 is 0. The lowest BCUT2D eigenvalue weighted by Crippen LogP contribution is -2.67. The maximum atomic E-state index is 10.7. The second kappa shape index (κ2) is 5.38. The minimum atomic E-state index is -0.879. The zero-order valence-electron chi connectivity index (χ0n) is 13.3. The predicted molar refractivity (Wildman–Crippen MR) is 80.9 cm³/mol. The van der Waals surface area contributed by atoms with E-state index in [0.29, 0.717) is 24.1 Å². The van der Waals surface area contributed by atoms with E-state index >= 15 is 0 Å². The van der Waals surface area contributed by atoms with Gasteiger partial charge in [-0.3, -0.25) is 4.68 Å². The summed E-state index contributed by atoms with van der Waals surface area (Å²) in [6.45, 7) is 5.28. The molecule has 1 spiro atoms. The van der Waals surface area contributed by atoms with E-state index in [0.717, 1.165) is 18.6 Å². The number of nitrogens with zero attached hydrogens (tertiary/aromatic N) is 2.